The van der Waals surface area contributed by atoms with Crippen LogP contribution in [0.5, 0.6) is 0 Å². The Bertz CT molecular complexity index is 1990. The molecule has 2 saturated heterocycles. The average Bonchev–Trinajstić information content (AvgIpc) is 3.72. The smallest absolute Gasteiger partial charge is 0.390 e. The highest BCUT2D eigenvalue weighted by Crippen LogP contribution is 2.55. The zero-order chi connectivity index (χ0) is 32.7. The number of nitrogen functional groups attached to an aromatic ring is 3. The monoisotopic (exact) mass is 687 g/mol. The first kappa shape index (κ1) is 31.0. The van der Waals surface area contributed by atoms with Gasteiger partial charge in [-0.05, 0) is 6.42 Å². The lowest BCUT2D eigenvalue weighted by Crippen LogP contribution is -2.36. The molecule has 7 rings (SSSR count). The summed E-state index contributed by atoms with van der Waals surface area (Å²) in [7, 11) is -10.1. The lowest BCUT2D eigenvalue weighted by atomic mass is 10.1. The number of aliphatic hydroxyl groups excluding tert-OH is 2. The van der Waals surface area contributed by atoms with Gasteiger partial charge in [0.2, 0.25) is 11.9 Å². The van der Waals surface area contributed by atoms with Gasteiger partial charge in [0.1, 0.15) is 29.9 Å². The first-order valence-electron chi connectivity index (χ1n) is 13.5. The van der Waals surface area contributed by atoms with Crippen LogP contribution in [0.4, 0.5) is 17.7 Å². The highest BCUT2D eigenvalue weighted by atomic mass is 31.2. The minimum atomic E-state index is -5.06. The minimum absolute atomic E-state index is 0.0115. The van der Waals surface area contributed by atoms with Crippen molar-refractivity contribution in [2.75, 3.05) is 30.4 Å². The largest absolute Gasteiger partial charge is 0.472 e. The number of hydrogen-bond donors (Lipinski definition) is 8. The molecule has 248 valence electrons. The number of aromatic nitrogens is 8. The van der Waals surface area contributed by atoms with Crippen LogP contribution in [0.1, 0.15) is 18.7 Å². The van der Waals surface area contributed by atoms with Gasteiger partial charge < -0.3 is 46.5 Å². The molecule has 0 amide bonds. The van der Waals surface area contributed by atoms with E-state index in [9.17, 15) is 33.9 Å². The molecular weight excluding hydrogens is 660 g/mol. The third kappa shape index (κ3) is 5.34. The van der Waals surface area contributed by atoms with Crippen LogP contribution in [0.2, 0.25) is 0 Å². The fraction of sp³-hybridized carbons (Fsp3) is 0.524. The summed E-state index contributed by atoms with van der Waals surface area (Å²) in [4.78, 5) is 56.1. The van der Waals surface area contributed by atoms with Crippen LogP contribution < -0.4 is 22.8 Å². The molecule has 46 heavy (non-hydrogen) atoms. The molecule has 2 bridgehead atoms. The summed E-state index contributed by atoms with van der Waals surface area (Å²) < 4.78 is 56.0. The molecule has 0 aromatic carbocycles. The van der Waals surface area contributed by atoms with Gasteiger partial charge >= 0.3 is 15.6 Å². The van der Waals surface area contributed by atoms with Crippen LogP contribution in [0, 0.1) is 5.92 Å². The van der Waals surface area contributed by atoms with Gasteiger partial charge in [-0.1, -0.05) is 0 Å². The molecule has 3 aliphatic rings. The first-order valence-corrected chi connectivity index (χ1v) is 16.5. The Balaban J connectivity index is 1.21. The maximum atomic E-state index is 13.3. The number of ether oxygens (including phenoxy) is 1. The SMILES string of the molecule is Nc1nc(N)c2ncn([C@@H]3O[C@@H]4COP(=O)(O)OC5C(O)[C@@H](COP(=O)(O)OC4C3O)C[C@H]5n3cnc4c(=O)[nH]c(N)nc43)c2n1. The van der Waals surface area contributed by atoms with Crippen molar-refractivity contribution in [3.8, 4) is 0 Å². The van der Waals surface area contributed by atoms with Crippen molar-refractivity contribution in [3.05, 3.63) is 23.0 Å². The third-order valence-electron chi connectivity index (χ3n) is 7.96. The fourth-order valence-electron chi connectivity index (χ4n) is 5.92. The second-order valence-electron chi connectivity index (χ2n) is 10.8. The number of H-pyrrole nitrogens is 1. The summed E-state index contributed by atoms with van der Waals surface area (Å²) in [6.45, 7) is -1.43. The maximum Gasteiger partial charge on any atom is 0.472 e. The van der Waals surface area contributed by atoms with Crippen molar-refractivity contribution in [1.82, 2.24) is 39.0 Å². The van der Waals surface area contributed by atoms with Crippen LogP contribution in [-0.4, -0.2) is 103 Å². The van der Waals surface area contributed by atoms with Gasteiger partial charge in [0.15, 0.2) is 28.9 Å². The standard InChI is InChI=1S/C21H27N11O12P2/c22-15-9-16(28-20(23)27-15)32(5-25-9)19-12(34)14-8(42-19)3-41-46(38,39)43-13-7(1-6(11(13)33)2-40-45(36,37)44-14)31-4-26-10-17(31)29-21(24)30-18(10)35/h4-8,11-14,19,33-34H,1-3H2,(H,36,37)(H,38,39)(H4,22,23,27,28)(H3,24,29,30,35)/t6-,7-,8-,11?,12?,13?,14?,19-/m1/s1. The Morgan fingerprint density at radius 1 is 0.870 bits per heavy atom. The second-order valence-corrected chi connectivity index (χ2v) is 13.7. The van der Waals surface area contributed by atoms with Crippen LogP contribution in [0.15, 0.2) is 17.4 Å². The van der Waals surface area contributed by atoms with Crippen molar-refractivity contribution in [2.45, 2.75) is 49.2 Å². The molecule has 10 atom stereocenters. The summed E-state index contributed by atoms with van der Waals surface area (Å²) in [6, 6.07) is -1.01. The van der Waals surface area contributed by atoms with Gasteiger partial charge in [-0.2, -0.15) is 15.0 Å². The summed E-state index contributed by atoms with van der Waals surface area (Å²) in [6.07, 6.45) is -7.00. The van der Waals surface area contributed by atoms with Crippen LogP contribution in [0.3, 0.4) is 0 Å². The lowest BCUT2D eigenvalue weighted by Gasteiger charge is -2.26. The maximum absolute atomic E-state index is 13.3. The van der Waals surface area contributed by atoms with E-state index in [2.05, 4.69) is 29.9 Å². The molecule has 1 aliphatic carbocycles. The van der Waals surface area contributed by atoms with Crippen molar-refractivity contribution >= 4 is 55.7 Å². The van der Waals surface area contributed by atoms with Gasteiger partial charge in [0, 0.05) is 5.92 Å². The summed E-state index contributed by atoms with van der Waals surface area (Å²) in [5, 5.41) is 22.3. The molecule has 0 radical (unpaired) electrons. The molecule has 3 fully saturated rings. The van der Waals surface area contributed by atoms with E-state index in [1.165, 1.54) is 21.8 Å². The fourth-order valence-corrected chi connectivity index (χ4v) is 7.90. The second kappa shape index (κ2) is 11.0. The van der Waals surface area contributed by atoms with Gasteiger partial charge in [0.05, 0.1) is 38.0 Å². The van der Waals surface area contributed by atoms with E-state index in [1.54, 1.807) is 0 Å². The van der Waals surface area contributed by atoms with Gasteiger partial charge in [-0.15, -0.1) is 0 Å². The van der Waals surface area contributed by atoms with Crippen molar-refractivity contribution in [2.24, 2.45) is 5.92 Å². The van der Waals surface area contributed by atoms with E-state index >= 15 is 0 Å². The topological polar surface area (TPSA) is 346 Å². The number of anilines is 3. The molecule has 6 unspecified atom stereocenters. The number of aliphatic hydroxyl groups is 2. The Morgan fingerprint density at radius 3 is 2.28 bits per heavy atom. The molecule has 4 aromatic rings. The lowest BCUT2D eigenvalue weighted by molar-refractivity contribution is -0.0552. The quantitative estimate of drug-likeness (QED) is 0.105. The first-order chi connectivity index (χ1) is 21.7. The predicted molar refractivity (Wildman–Crippen MR) is 151 cm³/mol. The van der Waals surface area contributed by atoms with E-state index in [-0.39, 0.29) is 46.5 Å². The molecule has 23 nitrogen and oxygen atoms in total. The highest BCUT2D eigenvalue weighted by Gasteiger charge is 2.53. The van der Waals surface area contributed by atoms with Gasteiger partial charge in [0.25, 0.3) is 5.56 Å². The zero-order valence-electron chi connectivity index (χ0n) is 23.2. The number of hydrogen-bond acceptors (Lipinski definition) is 18. The molecule has 0 spiro atoms. The molecule has 6 heterocycles. The Hall–Kier alpha value is -3.60. The van der Waals surface area contributed by atoms with Crippen molar-refractivity contribution < 1.29 is 52.0 Å². The summed E-state index contributed by atoms with van der Waals surface area (Å²) >= 11 is 0. The number of nitrogens with one attached hydrogen (secondary N) is 1. The third-order valence-corrected chi connectivity index (χ3v) is 9.93. The molecule has 4 aromatic heterocycles. The van der Waals surface area contributed by atoms with Crippen LogP contribution in [0.25, 0.3) is 22.3 Å². The molecular formula is C21H27N11O12P2. The van der Waals surface area contributed by atoms with E-state index in [0.717, 1.165) is 0 Å². The number of imidazole rings is 2. The molecule has 11 N–H and O–H groups in total. The number of fused-ring (bicyclic) bond motifs is 5. The van der Waals surface area contributed by atoms with Gasteiger partial charge in [-0.3, -0.25) is 32.4 Å². The number of phosphoric ester groups is 2. The molecule has 2 aliphatic heterocycles. The zero-order valence-corrected chi connectivity index (χ0v) is 25.0. The highest BCUT2D eigenvalue weighted by molar-refractivity contribution is 7.47. The van der Waals surface area contributed by atoms with E-state index in [1.807, 2.05) is 0 Å². The van der Waals surface area contributed by atoms with E-state index in [4.69, 9.17) is 40.0 Å². The number of phosphoric acid groups is 2. The Labute approximate surface area is 255 Å². The molecule has 25 heteroatoms. The Morgan fingerprint density at radius 2 is 1.52 bits per heavy atom. The number of nitrogens with two attached hydrogens (primary N) is 3. The average molecular weight is 687 g/mol. The van der Waals surface area contributed by atoms with E-state index < -0.39 is 83.1 Å². The number of aromatic amines is 1. The van der Waals surface area contributed by atoms with Gasteiger partial charge in [-0.25, -0.2) is 19.1 Å². The molecule has 1 saturated carbocycles. The van der Waals surface area contributed by atoms with Crippen LogP contribution >= 0.6 is 15.6 Å². The van der Waals surface area contributed by atoms with Crippen molar-refractivity contribution in [1.29, 1.82) is 0 Å². The Kier molecular flexibility index (Phi) is 7.41. The number of nitrogens with zero attached hydrogens (tertiary/aromatic N) is 7. The van der Waals surface area contributed by atoms with Crippen molar-refractivity contribution in [3.63, 3.8) is 0 Å². The summed E-state index contributed by atoms with van der Waals surface area (Å²) in [5.41, 5.74) is 16.7. The summed E-state index contributed by atoms with van der Waals surface area (Å²) in [5.74, 6) is -1.50. The predicted octanol–water partition coefficient (Wildman–Crippen LogP) is -2.10. The van der Waals surface area contributed by atoms with E-state index in [0.29, 0.717) is 0 Å². The normalized spacial score (nSPS) is 37.1. The van der Waals surface area contributed by atoms with Crippen LogP contribution in [-0.2, 0) is 32.0 Å². The minimum Gasteiger partial charge on any atom is -0.390 e. The number of rotatable bonds is 2.